The van der Waals surface area contributed by atoms with E-state index in [-0.39, 0.29) is 24.5 Å². The molecule has 7 nitrogen and oxygen atoms in total. The summed E-state index contributed by atoms with van der Waals surface area (Å²) >= 11 is 0. The number of piperidine rings is 1. The third-order valence-electron chi connectivity index (χ3n) is 4.96. The zero-order chi connectivity index (χ0) is 21.1. The Morgan fingerprint density at radius 2 is 1.79 bits per heavy atom. The summed E-state index contributed by atoms with van der Waals surface area (Å²) in [5, 5.41) is 0. The molecule has 0 radical (unpaired) electrons. The summed E-state index contributed by atoms with van der Waals surface area (Å²) < 4.78 is 10.2. The molecule has 2 heterocycles. The van der Waals surface area contributed by atoms with Crippen molar-refractivity contribution in [3.05, 3.63) is 36.6 Å². The minimum absolute atomic E-state index is 0.0265. The summed E-state index contributed by atoms with van der Waals surface area (Å²) in [5.74, 6) is -1.20. The summed E-state index contributed by atoms with van der Waals surface area (Å²) in [6, 6.07) is -0.0724. The standard InChI is InChI=1S/C21H30N2O5/c1-7-15-16(13-18(24)27-6)19(25)23(17(15)8-2)14-9-11-22(12-10-14)20(26)28-21(3,4)5/h7-8,14,16H,1-2,9-13H2,3-6H3. The van der Waals surface area contributed by atoms with Gasteiger partial charge in [0.05, 0.1) is 19.4 Å². The van der Waals surface area contributed by atoms with E-state index in [4.69, 9.17) is 9.47 Å². The first-order valence-corrected chi connectivity index (χ1v) is 9.49. The van der Waals surface area contributed by atoms with E-state index in [2.05, 4.69) is 13.2 Å². The molecule has 2 aliphatic heterocycles. The molecule has 1 saturated heterocycles. The lowest BCUT2D eigenvalue weighted by molar-refractivity contribution is -0.145. The van der Waals surface area contributed by atoms with Crippen LogP contribution in [0.25, 0.3) is 0 Å². The SMILES string of the molecule is C=CC1=C(C=C)N(C2CCN(C(=O)OC(C)(C)C)CC2)C(=O)C1CC(=O)OC. The number of carbonyl (C=O) groups excluding carboxylic acids is 3. The number of rotatable bonds is 5. The minimum atomic E-state index is -0.609. The number of nitrogens with zero attached hydrogens (tertiary/aromatic N) is 2. The number of methoxy groups -OCH3 is 1. The molecule has 0 spiro atoms. The van der Waals surface area contributed by atoms with Crippen LogP contribution >= 0.6 is 0 Å². The first-order valence-electron chi connectivity index (χ1n) is 9.49. The average molecular weight is 390 g/mol. The topological polar surface area (TPSA) is 76.2 Å². The maximum atomic E-state index is 13.1. The lowest BCUT2D eigenvalue weighted by atomic mass is 9.96. The van der Waals surface area contributed by atoms with Crippen LogP contribution in [0.1, 0.15) is 40.0 Å². The summed E-state index contributed by atoms with van der Waals surface area (Å²) in [4.78, 5) is 40.5. The third kappa shape index (κ3) is 4.64. The summed E-state index contributed by atoms with van der Waals surface area (Å²) in [6.07, 6.45) is 4.12. The molecule has 0 aromatic rings. The number of hydrogen-bond acceptors (Lipinski definition) is 5. The van der Waals surface area contributed by atoms with Crippen LogP contribution in [0.5, 0.6) is 0 Å². The van der Waals surface area contributed by atoms with E-state index >= 15 is 0 Å². The molecule has 2 rings (SSSR count). The van der Waals surface area contributed by atoms with Crippen molar-refractivity contribution in [2.45, 2.75) is 51.7 Å². The maximum Gasteiger partial charge on any atom is 0.410 e. The Hall–Kier alpha value is -2.57. The van der Waals surface area contributed by atoms with Crippen LogP contribution in [0.3, 0.4) is 0 Å². The van der Waals surface area contributed by atoms with Gasteiger partial charge < -0.3 is 19.3 Å². The van der Waals surface area contributed by atoms with Gasteiger partial charge in [-0.05, 0) is 45.3 Å². The highest BCUT2D eigenvalue weighted by Crippen LogP contribution is 2.37. The van der Waals surface area contributed by atoms with Gasteiger partial charge in [-0.25, -0.2) is 4.79 Å². The van der Waals surface area contributed by atoms with E-state index < -0.39 is 17.5 Å². The fraction of sp³-hybridized carbons (Fsp3) is 0.571. The first-order chi connectivity index (χ1) is 13.1. The van der Waals surface area contributed by atoms with Gasteiger partial charge in [0.15, 0.2) is 0 Å². The summed E-state index contributed by atoms with van der Waals surface area (Å²) in [7, 11) is 1.30. The van der Waals surface area contributed by atoms with Crippen LogP contribution in [0, 0.1) is 5.92 Å². The quantitative estimate of drug-likeness (QED) is 0.675. The molecule has 0 saturated carbocycles. The normalized spacial score (nSPS) is 21.0. The maximum absolute atomic E-state index is 13.1. The lowest BCUT2D eigenvalue weighted by Gasteiger charge is -2.38. The van der Waals surface area contributed by atoms with Gasteiger partial charge in [-0.1, -0.05) is 19.2 Å². The molecule has 28 heavy (non-hydrogen) atoms. The van der Waals surface area contributed by atoms with Crippen molar-refractivity contribution in [3.63, 3.8) is 0 Å². The molecule has 0 aromatic heterocycles. The number of hydrogen-bond donors (Lipinski definition) is 0. The number of carbonyl (C=O) groups is 3. The fourth-order valence-corrected chi connectivity index (χ4v) is 3.66. The van der Waals surface area contributed by atoms with Gasteiger partial charge in [0.2, 0.25) is 5.91 Å². The molecular formula is C21H30N2O5. The monoisotopic (exact) mass is 390 g/mol. The van der Waals surface area contributed by atoms with E-state index in [1.165, 1.54) is 7.11 Å². The first kappa shape index (κ1) is 21.7. The fourth-order valence-electron chi connectivity index (χ4n) is 3.66. The van der Waals surface area contributed by atoms with Crippen LogP contribution in [-0.4, -0.2) is 59.6 Å². The number of likely N-dealkylation sites (tertiary alicyclic amines) is 1. The van der Waals surface area contributed by atoms with Crippen molar-refractivity contribution in [2.75, 3.05) is 20.2 Å². The molecule has 0 aromatic carbocycles. The van der Waals surface area contributed by atoms with Crippen LogP contribution in [-0.2, 0) is 19.1 Å². The van der Waals surface area contributed by atoms with Gasteiger partial charge in [0.1, 0.15) is 5.60 Å². The average Bonchev–Trinajstić information content (AvgIpc) is 2.91. The van der Waals surface area contributed by atoms with Crippen LogP contribution < -0.4 is 0 Å². The number of amides is 2. The van der Waals surface area contributed by atoms with Gasteiger partial charge in [-0.2, -0.15) is 0 Å². The lowest BCUT2D eigenvalue weighted by Crippen LogP contribution is -2.48. The third-order valence-corrected chi connectivity index (χ3v) is 4.96. The van der Waals surface area contributed by atoms with E-state index in [1.807, 2.05) is 20.8 Å². The smallest absolute Gasteiger partial charge is 0.410 e. The van der Waals surface area contributed by atoms with E-state index in [9.17, 15) is 14.4 Å². The summed E-state index contributed by atoms with van der Waals surface area (Å²) in [6.45, 7) is 14.1. The van der Waals surface area contributed by atoms with Crippen LogP contribution in [0.4, 0.5) is 4.79 Å². The Labute approximate surface area is 166 Å². The Morgan fingerprint density at radius 3 is 2.25 bits per heavy atom. The highest BCUT2D eigenvalue weighted by atomic mass is 16.6. The van der Waals surface area contributed by atoms with Gasteiger partial charge in [-0.15, -0.1) is 0 Å². The minimum Gasteiger partial charge on any atom is -0.469 e. The van der Waals surface area contributed by atoms with Crippen molar-refractivity contribution in [1.29, 1.82) is 0 Å². The zero-order valence-electron chi connectivity index (χ0n) is 17.2. The molecule has 2 amide bonds. The molecule has 0 aliphatic carbocycles. The molecule has 154 valence electrons. The Morgan fingerprint density at radius 1 is 1.18 bits per heavy atom. The summed E-state index contributed by atoms with van der Waals surface area (Å²) in [5.41, 5.74) is 0.835. The predicted molar refractivity (Wildman–Crippen MR) is 105 cm³/mol. The largest absolute Gasteiger partial charge is 0.469 e. The Kier molecular flexibility index (Phi) is 6.69. The van der Waals surface area contributed by atoms with E-state index in [1.54, 1.807) is 22.0 Å². The number of allylic oxidation sites excluding steroid dienone is 2. The molecule has 2 aliphatic rings. The van der Waals surface area contributed by atoms with Crippen molar-refractivity contribution in [3.8, 4) is 0 Å². The van der Waals surface area contributed by atoms with Crippen LogP contribution in [0.2, 0.25) is 0 Å². The van der Waals surface area contributed by atoms with Crippen molar-refractivity contribution < 1.29 is 23.9 Å². The highest BCUT2D eigenvalue weighted by molar-refractivity contribution is 5.92. The van der Waals surface area contributed by atoms with E-state index in [0.717, 1.165) is 0 Å². The van der Waals surface area contributed by atoms with Crippen LogP contribution in [0.15, 0.2) is 36.6 Å². The number of esters is 1. The zero-order valence-corrected chi connectivity index (χ0v) is 17.2. The Bertz CT molecular complexity index is 696. The van der Waals surface area contributed by atoms with Crippen molar-refractivity contribution in [2.24, 2.45) is 5.92 Å². The molecule has 1 unspecified atom stereocenters. The van der Waals surface area contributed by atoms with Gasteiger partial charge in [-0.3, -0.25) is 9.59 Å². The second-order valence-electron chi connectivity index (χ2n) is 7.99. The molecule has 0 N–H and O–H groups in total. The second kappa shape index (κ2) is 8.63. The second-order valence-corrected chi connectivity index (χ2v) is 7.99. The molecule has 1 fully saturated rings. The molecular weight excluding hydrogens is 360 g/mol. The highest BCUT2D eigenvalue weighted by Gasteiger charge is 2.43. The van der Waals surface area contributed by atoms with E-state index in [0.29, 0.717) is 37.2 Å². The van der Waals surface area contributed by atoms with Gasteiger partial charge in [0.25, 0.3) is 0 Å². The Balaban J connectivity index is 2.13. The molecule has 7 heteroatoms. The van der Waals surface area contributed by atoms with Crippen molar-refractivity contribution >= 4 is 18.0 Å². The van der Waals surface area contributed by atoms with Gasteiger partial charge in [0, 0.05) is 24.8 Å². The van der Waals surface area contributed by atoms with Gasteiger partial charge >= 0.3 is 12.1 Å². The molecule has 1 atom stereocenters. The number of ether oxygens (including phenoxy) is 2. The van der Waals surface area contributed by atoms with Crippen molar-refractivity contribution in [1.82, 2.24) is 9.80 Å². The molecule has 0 bridgehead atoms. The predicted octanol–water partition coefficient (Wildman–Crippen LogP) is 3.03.